The van der Waals surface area contributed by atoms with Crippen LogP contribution >= 0.6 is 23.2 Å². The number of methoxy groups -OCH3 is 2. The topological polar surface area (TPSA) is 93.7 Å². The number of amides is 1. The minimum absolute atomic E-state index is 0.0000951. The maximum absolute atomic E-state index is 12.8. The van der Waals surface area contributed by atoms with Gasteiger partial charge in [-0.1, -0.05) is 23.2 Å². The van der Waals surface area contributed by atoms with Gasteiger partial charge in [-0.25, -0.2) is 8.42 Å². The number of anilines is 2. The zero-order chi connectivity index (χ0) is 22.6. The van der Waals surface area contributed by atoms with Gasteiger partial charge >= 0.3 is 0 Å². The Balaban J connectivity index is 1.78. The van der Waals surface area contributed by atoms with Crippen molar-refractivity contribution in [2.75, 3.05) is 24.3 Å². The molecule has 0 radical (unpaired) electrons. The average Bonchev–Trinajstić information content (AvgIpc) is 2.73. The number of carbonyl (C=O) groups is 1. The van der Waals surface area contributed by atoms with Gasteiger partial charge in [0.25, 0.3) is 15.9 Å². The van der Waals surface area contributed by atoms with E-state index in [1.165, 1.54) is 56.7 Å². The molecule has 0 saturated heterocycles. The van der Waals surface area contributed by atoms with Gasteiger partial charge in [0.05, 0.1) is 35.4 Å². The van der Waals surface area contributed by atoms with E-state index in [-0.39, 0.29) is 21.2 Å². The summed E-state index contributed by atoms with van der Waals surface area (Å²) < 4.78 is 38.4. The minimum atomic E-state index is -3.91. The summed E-state index contributed by atoms with van der Waals surface area (Å²) in [7, 11) is -1.00. The summed E-state index contributed by atoms with van der Waals surface area (Å²) in [4.78, 5) is 12.4. The quantitative estimate of drug-likeness (QED) is 0.492. The fourth-order valence-corrected chi connectivity index (χ4v) is 4.24. The number of sulfonamides is 1. The molecule has 162 valence electrons. The van der Waals surface area contributed by atoms with Gasteiger partial charge in [-0.15, -0.1) is 0 Å². The van der Waals surface area contributed by atoms with Crippen LogP contribution in [0.5, 0.6) is 11.5 Å². The number of hydrogen-bond acceptors (Lipinski definition) is 5. The Kier molecular flexibility index (Phi) is 6.94. The molecule has 0 fully saturated rings. The molecule has 1 amide bonds. The van der Waals surface area contributed by atoms with Gasteiger partial charge < -0.3 is 14.8 Å². The van der Waals surface area contributed by atoms with Crippen molar-refractivity contribution in [3.63, 3.8) is 0 Å². The van der Waals surface area contributed by atoms with Gasteiger partial charge in [0.1, 0.15) is 11.5 Å². The molecule has 0 aliphatic carbocycles. The van der Waals surface area contributed by atoms with Crippen molar-refractivity contribution < 1.29 is 22.7 Å². The summed E-state index contributed by atoms with van der Waals surface area (Å²) in [6.07, 6.45) is 0. The van der Waals surface area contributed by atoms with Crippen molar-refractivity contribution >= 4 is 50.5 Å². The molecule has 0 unspecified atom stereocenters. The van der Waals surface area contributed by atoms with Gasteiger partial charge in [0.2, 0.25) is 0 Å². The molecular formula is C21H18Cl2N2O5S. The third-order valence-corrected chi connectivity index (χ3v) is 6.18. The van der Waals surface area contributed by atoms with Crippen molar-refractivity contribution in [3.05, 3.63) is 76.3 Å². The fourth-order valence-electron chi connectivity index (χ4n) is 2.69. The Bertz CT molecular complexity index is 1210. The summed E-state index contributed by atoms with van der Waals surface area (Å²) in [5, 5.41) is 3.28. The Labute approximate surface area is 189 Å². The highest BCUT2D eigenvalue weighted by Crippen LogP contribution is 2.31. The maximum atomic E-state index is 12.8. The fraction of sp³-hybridized carbons (Fsp3) is 0.0952. The van der Waals surface area contributed by atoms with Crippen LogP contribution in [0.2, 0.25) is 10.0 Å². The molecule has 3 aromatic carbocycles. The van der Waals surface area contributed by atoms with Crippen LogP contribution < -0.4 is 19.5 Å². The monoisotopic (exact) mass is 480 g/mol. The third kappa shape index (κ3) is 5.41. The molecule has 3 aromatic rings. The van der Waals surface area contributed by atoms with Gasteiger partial charge in [-0.05, 0) is 54.6 Å². The second-order valence-corrected chi connectivity index (χ2v) is 8.80. The Morgan fingerprint density at radius 1 is 0.903 bits per heavy atom. The number of benzene rings is 3. The van der Waals surface area contributed by atoms with Crippen molar-refractivity contribution in [1.82, 2.24) is 0 Å². The Morgan fingerprint density at radius 3 is 2.23 bits per heavy atom. The molecule has 10 heteroatoms. The second-order valence-electron chi connectivity index (χ2n) is 6.27. The molecule has 31 heavy (non-hydrogen) atoms. The highest BCUT2D eigenvalue weighted by Gasteiger charge is 2.18. The Hall–Kier alpha value is -2.94. The van der Waals surface area contributed by atoms with E-state index in [0.717, 1.165) is 0 Å². The van der Waals surface area contributed by atoms with Crippen LogP contribution in [0.1, 0.15) is 10.4 Å². The van der Waals surface area contributed by atoms with Crippen molar-refractivity contribution in [2.45, 2.75) is 4.90 Å². The van der Waals surface area contributed by atoms with E-state index in [4.69, 9.17) is 32.7 Å². The molecule has 7 nitrogen and oxygen atoms in total. The van der Waals surface area contributed by atoms with E-state index in [0.29, 0.717) is 22.2 Å². The first kappa shape index (κ1) is 22.7. The number of nitrogens with one attached hydrogen (secondary N) is 2. The lowest BCUT2D eigenvalue weighted by Gasteiger charge is -2.13. The SMILES string of the molecule is COc1ccc(OC)c(NS(=O)(=O)c2ccc(NC(=O)c3ccc(Cl)cc3Cl)cc2)c1. The van der Waals surface area contributed by atoms with Crippen molar-refractivity contribution in [2.24, 2.45) is 0 Å². The smallest absolute Gasteiger partial charge is 0.262 e. The normalized spacial score (nSPS) is 11.0. The molecule has 0 heterocycles. The van der Waals surface area contributed by atoms with Gasteiger partial charge in [0, 0.05) is 16.8 Å². The molecule has 0 aliphatic rings. The molecular weight excluding hydrogens is 463 g/mol. The predicted octanol–water partition coefficient (Wildman–Crippen LogP) is 5.06. The molecule has 0 aromatic heterocycles. The highest BCUT2D eigenvalue weighted by atomic mass is 35.5. The first-order valence-corrected chi connectivity index (χ1v) is 11.1. The van der Waals surface area contributed by atoms with Crippen LogP contribution in [0, 0.1) is 0 Å². The van der Waals surface area contributed by atoms with Gasteiger partial charge in [-0.2, -0.15) is 0 Å². The van der Waals surface area contributed by atoms with Gasteiger partial charge in [-0.3, -0.25) is 9.52 Å². The lowest BCUT2D eigenvalue weighted by atomic mass is 10.2. The number of rotatable bonds is 7. The standard InChI is InChI=1S/C21H18Cl2N2O5S/c1-29-15-6-10-20(30-2)19(12-15)25-31(27,28)16-7-4-14(5-8-16)24-21(26)17-9-3-13(22)11-18(17)23/h3-12,25H,1-2H3,(H,24,26). The van der Waals surface area contributed by atoms with Crippen molar-refractivity contribution in [1.29, 1.82) is 0 Å². The van der Waals surface area contributed by atoms with Crippen LogP contribution in [-0.4, -0.2) is 28.5 Å². The molecule has 0 atom stereocenters. The molecule has 0 spiro atoms. The van der Waals surface area contributed by atoms with Crippen molar-refractivity contribution in [3.8, 4) is 11.5 Å². The van der Waals surface area contributed by atoms with Crippen LogP contribution in [0.25, 0.3) is 0 Å². The van der Waals surface area contributed by atoms with Crippen LogP contribution in [0.15, 0.2) is 65.6 Å². The maximum Gasteiger partial charge on any atom is 0.262 e. The number of carbonyl (C=O) groups excluding carboxylic acids is 1. The van der Waals surface area contributed by atoms with E-state index >= 15 is 0 Å². The lowest BCUT2D eigenvalue weighted by molar-refractivity contribution is 0.102. The molecule has 3 rings (SSSR count). The predicted molar refractivity (Wildman–Crippen MR) is 121 cm³/mol. The minimum Gasteiger partial charge on any atom is -0.497 e. The summed E-state index contributed by atoms with van der Waals surface area (Å²) in [5.41, 5.74) is 0.875. The highest BCUT2D eigenvalue weighted by molar-refractivity contribution is 7.92. The largest absolute Gasteiger partial charge is 0.497 e. The van der Waals surface area contributed by atoms with Crippen LogP contribution in [-0.2, 0) is 10.0 Å². The van der Waals surface area contributed by atoms with E-state index in [9.17, 15) is 13.2 Å². The lowest BCUT2D eigenvalue weighted by Crippen LogP contribution is -2.15. The Morgan fingerprint density at radius 2 is 1.61 bits per heavy atom. The van der Waals surface area contributed by atoms with Gasteiger partial charge in [0.15, 0.2) is 0 Å². The summed E-state index contributed by atoms with van der Waals surface area (Å²) >= 11 is 11.9. The zero-order valence-electron chi connectivity index (χ0n) is 16.5. The molecule has 2 N–H and O–H groups in total. The van der Waals surface area contributed by atoms with Crippen LogP contribution in [0.3, 0.4) is 0 Å². The molecule has 0 bridgehead atoms. The molecule has 0 aliphatic heterocycles. The van der Waals surface area contributed by atoms with E-state index < -0.39 is 15.9 Å². The number of halogens is 2. The average molecular weight is 481 g/mol. The number of ether oxygens (including phenoxy) is 2. The zero-order valence-corrected chi connectivity index (χ0v) is 18.8. The number of hydrogen-bond donors (Lipinski definition) is 2. The van der Waals surface area contributed by atoms with E-state index in [2.05, 4.69) is 10.0 Å². The second kappa shape index (κ2) is 9.47. The summed E-state index contributed by atoms with van der Waals surface area (Å²) in [5.74, 6) is 0.363. The van der Waals surface area contributed by atoms with Crippen LogP contribution in [0.4, 0.5) is 11.4 Å². The van der Waals surface area contributed by atoms with E-state index in [1.54, 1.807) is 18.2 Å². The first-order chi connectivity index (χ1) is 14.7. The van der Waals surface area contributed by atoms with E-state index in [1.807, 2.05) is 0 Å². The first-order valence-electron chi connectivity index (χ1n) is 8.85. The third-order valence-electron chi connectivity index (χ3n) is 4.25. The summed E-state index contributed by atoms with van der Waals surface area (Å²) in [6.45, 7) is 0. The summed E-state index contributed by atoms with van der Waals surface area (Å²) in [6, 6.07) is 15.0. The molecule has 0 saturated carbocycles.